The first kappa shape index (κ1) is 12.5. The third-order valence-electron chi connectivity index (χ3n) is 2.35. The van der Waals surface area contributed by atoms with Crippen molar-refractivity contribution in [3.8, 4) is 0 Å². The molecule has 0 aromatic heterocycles. The maximum absolute atomic E-state index is 11.5. The van der Waals surface area contributed by atoms with Crippen molar-refractivity contribution in [3.63, 3.8) is 0 Å². The average Bonchev–Trinajstić information content (AvgIpc) is 2.53. The number of hydrogen-bond donors (Lipinski definition) is 0. The highest BCUT2D eigenvalue weighted by Crippen LogP contribution is 2.30. The lowest BCUT2D eigenvalue weighted by Crippen LogP contribution is -2.02. The van der Waals surface area contributed by atoms with Gasteiger partial charge in [0.1, 0.15) is 5.76 Å². The number of ether oxygens (including phenoxy) is 2. The lowest BCUT2D eigenvalue weighted by Gasteiger charge is -2.01. The fraction of sp³-hybridized carbons (Fsp3) is 0.500. The lowest BCUT2D eigenvalue weighted by molar-refractivity contribution is -0.137. The van der Waals surface area contributed by atoms with Crippen LogP contribution in [0, 0.1) is 0 Å². The van der Waals surface area contributed by atoms with E-state index in [1.165, 1.54) is 6.08 Å². The van der Waals surface area contributed by atoms with E-state index in [4.69, 9.17) is 9.47 Å². The summed E-state index contributed by atoms with van der Waals surface area (Å²) in [5.74, 6) is -0.494. The molecule has 0 unspecified atom stereocenters. The van der Waals surface area contributed by atoms with E-state index >= 15 is 0 Å². The summed E-state index contributed by atoms with van der Waals surface area (Å²) in [5, 5.41) is 0. The summed E-state index contributed by atoms with van der Waals surface area (Å²) < 4.78 is 9.80. The van der Waals surface area contributed by atoms with E-state index < -0.39 is 5.97 Å². The fourth-order valence-electron chi connectivity index (χ4n) is 1.65. The minimum atomic E-state index is -0.478. The number of rotatable bonds is 4. The Morgan fingerprint density at radius 3 is 2.38 bits per heavy atom. The van der Waals surface area contributed by atoms with Crippen molar-refractivity contribution in [2.75, 3.05) is 6.61 Å². The Labute approximate surface area is 94.9 Å². The molecule has 16 heavy (non-hydrogen) atoms. The van der Waals surface area contributed by atoms with Crippen molar-refractivity contribution in [2.24, 2.45) is 0 Å². The predicted octanol–water partition coefficient (Wildman–Crippen LogP) is 2.11. The zero-order valence-corrected chi connectivity index (χ0v) is 9.83. The molecule has 0 fully saturated rings. The van der Waals surface area contributed by atoms with E-state index in [2.05, 4.69) is 0 Å². The monoisotopic (exact) mass is 224 g/mol. The molecule has 0 amide bonds. The zero-order chi connectivity index (χ0) is 12.1. The van der Waals surface area contributed by atoms with Crippen LogP contribution < -0.4 is 0 Å². The second-order valence-corrected chi connectivity index (χ2v) is 3.31. The number of hydrogen-bond acceptors (Lipinski definition) is 4. The summed E-state index contributed by atoms with van der Waals surface area (Å²) in [6.45, 7) is 5.85. The summed E-state index contributed by atoms with van der Waals surface area (Å²) >= 11 is 0. The van der Waals surface area contributed by atoms with Crippen molar-refractivity contribution < 1.29 is 19.1 Å². The van der Waals surface area contributed by atoms with Crippen LogP contribution in [-0.2, 0) is 19.1 Å². The van der Waals surface area contributed by atoms with E-state index in [0.29, 0.717) is 30.8 Å². The molecule has 0 radical (unpaired) electrons. The van der Waals surface area contributed by atoms with Crippen LogP contribution in [0.4, 0.5) is 0 Å². The van der Waals surface area contributed by atoms with Crippen LogP contribution in [0.1, 0.15) is 33.6 Å². The lowest BCUT2D eigenvalue weighted by atomic mass is 10.0. The van der Waals surface area contributed by atoms with E-state index in [-0.39, 0.29) is 5.97 Å². The molecule has 4 heteroatoms. The Morgan fingerprint density at radius 2 is 1.88 bits per heavy atom. The second kappa shape index (κ2) is 5.49. The molecule has 4 nitrogen and oxygen atoms in total. The van der Waals surface area contributed by atoms with Crippen LogP contribution in [0.15, 0.2) is 23.0 Å². The molecule has 1 aliphatic heterocycles. The van der Waals surface area contributed by atoms with Crippen LogP contribution in [-0.4, -0.2) is 18.5 Å². The summed E-state index contributed by atoms with van der Waals surface area (Å²) in [4.78, 5) is 22.7. The molecule has 1 heterocycles. The van der Waals surface area contributed by atoms with Gasteiger partial charge in [0.25, 0.3) is 0 Å². The maximum atomic E-state index is 11.5. The molecule has 0 aromatic carbocycles. The van der Waals surface area contributed by atoms with Gasteiger partial charge in [0.15, 0.2) is 0 Å². The minimum Gasteiger partial charge on any atom is -0.463 e. The molecule has 0 saturated heterocycles. The molecular formula is C12H16O4. The number of carbonyl (C=O) groups is 2. The third kappa shape index (κ3) is 2.51. The van der Waals surface area contributed by atoms with Crippen LogP contribution in [0.2, 0.25) is 0 Å². The first-order valence-corrected chi connectivity index (χ1v) is 5.47. The SMILES string of the molecule is CCOC(=O)/C=C1\OC(=O)C(CC)=C1CC. The molecule has 1 rings (SSSR count). The normalized spacial score (nSPS) is 17.9. The van der Waals surface area contributed by atoms with Crippen molar-refractivity contribution in [1.82, 2.24) is 0 Å². The quantitative estimate of drug-likeness (QED) is 0.542. The standard InChI is InChI=1S/C12H16O4/c1-4-8-9(5-2)12(14)16-10(8)7-11(13)15-6-3/h7H,4-6H2,1-3H3/b10-7-. The van der Waals surface area contributed by atoms with Gasteiger partial charge in [-0.05, 0) is 19.8 Å². The summed E-state index contributed by atoms with van der Waals surface area (Å²) in [7, 11) is 0. The van der Waals surface area contributed by atoms with E-state index in [1.807, 2.05) is 13.8 Å². The molecule has 88 valence electrons. The van der Waals surface area contributed by atoms with Gasteiger partial charge in [-0.1, -0.05) is 13.8 Å². The van der Waals surface area contributed by atoms with Gasteiger partial charge in [-0.15, -0.1) is 0 Å². The minimum absolute atomic E-state index is 0.308. The Hall–Kier alpha value is -1.58. The molecule has 0 spiro atoms. The van der Waals surface area contributed by atoms with Crippen LogP contribution in [0.5, 0.6) is 0 Å². The van der Waals surface area contributed by atoms with Crippen molar-refractivity contribution in [3.05, 3.63) is 23.0 Å². The second-order valence-electron chi connectivity index (χ2n) is 3.31. The van der Waals surface area contributed by atoms with Crippen molar-refractivity contribution in [2.45, 2.75) is 33.6 Å². The zero-order valence-electron chi connectivity index (χ0n) is 9.83. The van der Waals surface area contributed by atoms with Crippen molar-refractivity contribution in [1.29, 1.82) is 0 Å². The van der Waals surface area contributed by atoms with Gasteiger partial charge in [-0.2, -0.15) is 0 Å². The first-order valence-electron chi connectivity index (χ1n) is 5.47. The van der Waals surface area contributed by atoms with Gasteiger partial charge in [-0.25, -0.2) is 9.59 Å². The topological polar surface area (TPSA) is 52.6 Å². The molecule has 0 aliphatic carbocycles. The van der Waals surface area contributed by atoms with Crippen molar-refractivity contribution >= 4 is 11.9 Å². The molecule has 0 saturated carbocycles. The maximum Gasteiger partial charge on any atom is 0.339 e. The third-order valence-corrected chi connectivity index (χ3v) is 2.35. The van der Waals surface area contributed by atoms with Gasteiger partial charge in [0.2, 0.25) is 0 Å². The molecule has 0 aromatic rings. The van der Waals surface area contributed by atoms with Crippen LogP contribution in [0.25, 0.3) is 0 Å². The Balaban J connectivity index is 2.96. The molecule has 1 aliphatic rings. The first-order chi connectivity index (χ1) is 7.63. The van der Waals surface area contributed by atoms with E-state index in [1.54, 1.807) is 6.92 Å². The number of cyclic esters (lactones) is 1. The fourth-order valence-corrected chi connectivity index (χ4v) is 1.65. The highest BCUT2D eigenvalue weighted by Gasteiger charge is 2.27. The molecule has 0 atom stereocenters. The number of carbonyl (C=O) groups excluding carboxylic acids is 2. The average molecular weight is 224 g/mol. The molecular weight excluding hydrogens is 208 g/mol. The van der Waals surface area contributed by atoms with Gasteiger partial charge in [0, 0.05) is 11.1 Å². The highest BCUT2D eigenvalue weighted by atomic mass is 16.6. The predicted molar refractivity (Wildman–Crippen MR) is 58.4 cm³/mol. The number of esters is 2. The highest BCUT2D eigenvalue weighted by molar-refractivity contribution is 5.96. The Morgan fingerprint density at radius 1 is 1.25 bits per heavy atom. The number of allylic oxidation sites excluding steroid dienone is 1. The van der Waals surface area contributed by atoms with Gasteiger partial charge < -0.3 is 9.47 Å². The van der Waals surface area contributed by atoms with E-state index in [9.17, 15) is 9.59 Å². The summed E-state index contributed by atoms with van der Waals surface area (Å²) in [6.07, 6.45) is 2.52. The van der Waals surface area contributed by atoms with Crippen LogP contribution >= 0.6 is 0 Å². The largest absolute Gasteiger partial charge is 0.463 e. The molecule has 0 bridgehead atoms. The van der Waals surface area contributed by atoms with E-state index in [0.717, 1.165) is 5.57 Å². The smallest absolute Gasteiger partial charge is 0.339 e. The Bertz CT molecular complexity index is 363. The van der Waals surface area contributed by atoms with Gasteiger partial charge in [0.05, 0.1) is 12.7 Å². The molecule has 0 N–H and O–H groups in total. The van der Waals surface area contributed by atoms with Gasteiger partial charge in [-0.3, -0.25) is 0 Å². The summed E-state index contributed by atoms with van der Waals surface area (Å²) in [5.41, 5.74) is 1.46. The van der Waals surface area contributed by atoms with Crippen LogP contribution in [0.3, 0.4) is 0 Å². The summed E-state index contributed by atoms with van der Waals surface area (Å²) in [6, 6.07) is 0. The Kier molecular flexibility index (Phi) is 4.28. The van der Waals surface area contributed by atoms with Gasteiger partial charge >= 0.3 is 11.9 Å².